The fourth-order valence-corrected chi connectivity index (χ4v) is 1.46. The molecule has 1 aromatic rings. The second kappa shape index (κ2) is 5.82. The molecular weight excluding hydrogens is 220 g/mol. The van der Waals surface area contributed by atoms with E-state index in [4.69, 9.17) is 11.0 Å². The van der Waals surface area contributed by atoms with E-state index in [1.807, 2.05) is 11.9 Å². The molecule has 2 N–H and O–H groups in total. The van der Waals surface area contributed by atoms with E-state index in [1.165, 1.54) is 12.1 Å². The maximum atomic E-state index is 10.8. The molecule has 0 aliphatic carbocycles. The maximum absolute atomic E-state index is 10.8. The fourth-order valence-electron chi connectivity index (χ4n) is 1.46. The van der Waals surface area contributed by atoms with E-state index in [2.05, 4.69) is 0 Å². The van der Waals surface area contributed by atoms with E-state index in [-0.39, 0.29) is 11.3 Å². The Kier molecular flexibility index (Phi) is 4.43. The van der Waals surface area contributed by atoms with Gasteiger partial charge in [-0.05, 0) is 25.1 Å². The first-order chi connectivity index (χ1) is 8.10. The molecule has 6 nitrogen and oxygen atoms in total. The van der Waals surface area contributed by atoms with Crippen molar-refractivity contribution in [3.05, 3.63) is 33.9 Å². The second-order valence-electron chi connectivity index (χ2n) is 3.63. The molecule has 90 valence electrons. The number of nitrogens with zero attached hydrogens (tertiary/aromatic N) is 3. The predicted molar refractivity (Wildman–Crippen MR) is 64.8 cm³/mol. The Bertz CT molecular complexity index is 453. The Morgan fingerprint density at radius 2 is 2.29 bits per heavy atom. The quantitative estimate of drug-likeness (QED) is 0.611. The minimum Gasteiger partial charge on any atom is -0.374 e. The highest BCUT2D eigenvalue weighted by Gasteiger charge is 2.15. The van der Waals surface area contributed by atoms with E-state index in [0.717, 1.165) is 13.0 Å². The third kappa shape index (κ3) is 3.16. The zero-order chi connectivity index (χ0) is 12.8. The molecule has 1 rings (SSSR count). The van der Waals surface area contributed by atoms with Gasteiger partial charge in [0.25, 0.3) is 5.69 Å². The molecule has 0 amide bonds. The molecule has 0 aromatic heterocycles. The predicted octanol–water partition coefficient (Wildman–Crippen LogP) is 1.25. The van der Waals surface area contributed by atoms with E-state index in [1.54, 1.807) is 12.1 Å². The monoisotopic (exact) mass is 234 g/mol. The number of anilines is 1. The number of nitriles is 1. The summed E-state index contributed by atoms with van der Waals surface area (Å²) >= 11 is 0. The van der Waals surface area contributed by atoms with Crippen LogP contribution in [0.4, 0.5) is 11.4 Å². The van der Waals surface area contributed by atoms with Crippen LogP contribution in [0.25, 0.3) is 0 Å². The molecule has 0 saturated carbocycles. The highest BCUT2D eigenvalue weighted by molar-refractivity contribution is 5.59. The molecule has 0 atom stereocenters. The van der Waals surface area contributed by atoms with Crippen molar-refractivity contribution in [3.8, 4) is 6.07 Å². The highest BCUT2D eigenvalue weighted by Crippen LogP contribution is 2.24. The normalized spacial score (nSPS) is 9.71. The lowest BCUT2D eigenvalue weighted by atomic mass is 10.1. The average molecular weight is 234 g/mol. The third-order valence-electron chi connectivity index (χ3n) is 2.44. The maximum Gasteiger partial charge on any atom is 0.289 e. The molecule has 0 bridgehead atoms. The number of rotatable bonds is 5. The molecule has 0 fully saturated rings. The lowest BCUT2D eigenvalue weighted by Gasteiger charge is -2.18. The summed E-state index contributed by atoms with van der Waals surface area (Å²) in [4.78, 5) is 12.1. The summed E-state index contributed by atoms with van der Waals surface area (Å²) in [6.07, 6.45) is 0.810. The Hall–Kier alpha value is -2.13. The fraction of sp³-hybridized carbons (Fsp3) is 0.364. The Morgan fingerprint density at radius 1 is 1.59 bits per heavy atom. The summed E-state index contributed by atoms with van der Waals surface area (Å²) in [7, 11) is 1.83. The summed E-state index contributed by atoms with van der Waals surface area (Å²) < 4.78 is 0. The Labute approximate surface area is 99.4 Å². The van der Waals surface area contributed by atoms with Gasteiger partial charge in [-0.15, -0.1) is 0 Å². The van der Waals surface area contributed by atoms with E-state index in [0.29, 0.717) is 12.2 Å². The van der Waals surface area contributed by atoms with Crippen molar-refractivity contribution >= 4 is 11.4 Å². The van der Waals surface area contributed by atoms with Crippen LogP contribution in [0.2, 0.25) is 0 Å². The molecular formula is C11H14N4O2. The number of hydrogen-bond donors (Lipinski definition) is 1. The molecule has 0 unspecified atom stereocenters. The van der Waals surface area contributed by atoms with Crippen LogP contribution in [0.5, 0.6) is 0 Å². The van der Waals surface area contributed by atoms with Crippen LogP contribution in [0, 0.1) is 21.4 Å². The van der Waals surface area contributed by atoms with Crippen molar-refractivity contribution in [2.75, 3.05) is 25.0 Å². The van der Waals surface area contributed by atoms with Gasteiger partial charge < -0.3 is 10.6 Å². The van der Waals surface area contributed by atoms with Crippen LogP contribution in [-0.4, -0.2) is 25.1 Å². The van der Waals surface area contributed by atoms with Crippen LogP contribution in [-0.2, 0) is 0 Å². The number of nitro groups is 1. The zero-order valence-electron chi connectivity index (χ0n) is 9.59. The van der Waals surface area contributed by atoms with Crippen molar-refractivity contribution in [2.45, 2.75) is 6.42 Å². The van der Waals surface area contributed by atoms with Crippen molar-refractivity contribution in [1.29, 1.82) is 5.26 Å². The first-order valence-electron chi connectivity index (χ1n) is 5.20. The zero-order valence-corrected chi connectivity index (χ0v) is 9.59. The first kappa shape index (κ1) is 12.9. The van der Waals surface area contributed by atoms with Crippen LogP contribution >= 0.6 is 0 Å². The minimum atomic E-state index is -0.543. The second-order valence-corrected chi connectivity index (χ2v) is 3.63. The largest absolute Gasteiger partial charge is 0.374 e. The van der Waals surface area contributed by atoms with Gasteiger partial charge in [-0.1, -0.05) is 0 Å². The Balaban J connectivity index is 3.00. The van der Waals surface area contributed by atoms with Crippen molar-refractivity contribution in [2.24, 2.45) is 5.73 Å². The summed E-state index contributed by atoms with van der Waals surface area (Å²) in [5, 5.41) is 19.5. The lowest BCUT2D eigenvalue weighted by molar-refractivity contribution is -0.385. The number of benzene rings is 1. The molecule has 0 aliphatic heterocycles. The van der Waals surface area contributed by atoms with Crippen molar-refractivity contribution < 1.29 is 4.92 Å². The molecule has 0 spiro atoms. The SMILES string of the molecule is CN(CCCN)c1ccc(C#N)c([N+](=O)[O-])c1. The van der Waals surface area contributed by atoms with Gasteiger partial charge in [-0.2, -0.15) is 5.26 Å². The molecule has 0 heterocycles. The highest BCUT2D eigenvalue weighted by atomic mass is 16.6. The van der Waals surface area contributed by atoms with Gasteiger partial charge >= 0.3 is 0 Å². The topological polar surface area (TPSA) is 96.2 Å². The van der Waals surface area contributed by atoms with Gasteiger partial charge in [0.1, 0.15) is 11.6 Å². The molecule has 1 aromatic carbocycles. The van der Waals surface area contributed by atoms with Gasteiger partial charge in [0.05, 0.1) is 4.92 Å². The van der Waals surface area contributed by atoms with Crippen LogP contribution in [0.1, 0.15) is 12.0 Å². The van der Waals surface area contributed by atoms with E-state index >= 15 is 0 Å². The summed E-state index contributed by atoms with van der Waals surface area (Å²) in [5.41, 5.74) is 6.03. The molecule has 0 aliphatic rings. The smallest absolute Gasteiger partial charge is 0.289 e. The molecule has 0 radical (unpaired) electrons. The summed E-state index contributed by atoms with van der Waals surface area (Å²) in [6, 6.07) is 6.38. The van der Waals surface area contributed by atoms with Crippen LogP contribution < -0.4 is 10.6 Å². The van der Waals surface area contributed by atoms with E-state index < -0.39 is 4.92 Å². The molecule has 0 saturated heterocycles. The lowest BCUT2D eigenvalue weighted by Crippen LogP contribution is -2.21. The van der Waals surface area contributed by atoms with Crippen molar-refractivity contribution in [1.82, 2.24) is 0 Å². The number of nitrogens with two attached hydrogens (primary N) is 1. The minimum absolute atomic E-state index is 0.0750. The van der Waals surface area contributed by atoms with Gasteiger partial charge in [-0.25, -0.2) is 0 Å². The average Bonchev–Trinajstić information content (AvgIpc) is 2.34. The first-order valence-corrected chi connectivity index (χ1v) is 5.20. The summed E-state index contributed by atoms with van der Waals surface area (Å²) in [6.45, 7) is 1.29. The van der Waals surface area contributed by atoms with Crippen LogP contribution in [0.15, 0.2) is 18.2 Å². The Morgan fingerprint density at radius 3 is 2.82 bits per heavy atom. The standard InChI is InChI=1S/C11H14N4O2/c1-14(6-2-5-12)10-4-3-9(8-13)11(7-10)15(16)17/h3-4,7H,2,5-6,12H2,1H3. The van der Waals surface area contributed by atoms with Gasteiger partial charge in [0.15, 0.2) is 0 Å². The number of hydrogen-bond acceptors (Lipinski definition) is 5. The van der Waals surface area contributed by atoms with Crippen molar-refractivity contribution in [3.63, 3.8) is 0 Å². The van der Waals surface area contributed by atoms with E-state index in [9.17, 15) is 10.1 Å². The van der Waals surface area contributed by atoms with Crippen LogP contribution in [0.3, 0.4) is 0 Å². The van der Waals surface area contributed by atoms with Gasteiger partial charge in [-0.3, -0.25) is 10.1 Å². The number of nitro benzene ring substituents is 1. The molecule has 17 heavy (non-hydrogen) atoms. The summed E-state index contributed by atoms with van der Waals surface area (Å²) in [5.74, 6) is 0. The van der Waals surface area contributed by atoms with Gasteiger partial charge in [0, 0.05) is 25.3 Å². The third-order valence-corrected chi connectivity index (χ3v) is 2.44. The molecule has 6 heteroatoms. The van der Waals surface area contributed by atoms with Gasteiger partial charge in [0.2, 0.25) is 0 Å².